The molecule has 0 radical (unpaired) electrons. The molecule has 0 unspecified atom stereocenters. The van der Waals surface area contributed by atoms with E-state index >= 15 is 0 Å². The van der Waals surface area contributed by atoms with Crippen LogP contribution in [0.1, 0.15) is 22.5 Å². The molecule has 0 saturated heterocycles. The van der Waals surface area contributed by atoms with Crippen LogP contribution in [0.3, 0.4) is 0 Å². The molecule has 0 saturated carbocycles. The predicted molar refractivity (Wildman–Crippen MR) is 82.6 cm³/mol. The maximum Gasteiger partial charge on any atom is 0.274 e. The van der Waals surface area contributed by atoms with E-state index in [0.29, 0.717) is 5.69 Å². The summed E-state index contributed by atoms with van der Waals surface area (Å²) in [7, 11) is 0. The summed E-state index contributed by atoms with van der Waals surface area (Å²) in [6.45, 7) is 0.794. The number of hydrogen-bond donors (Lipinski definition) is 1. The van der Waals surface area contributed by atoms with Gasteiger partial charge in [0.15, 0.2) is 0 Å². The van der Waals surface area contributed by atoms with E-state index in [2.05, 4.69) is 11.1 Å². The second-order valence-electron chi connectivity index (χ2n) is 5.07. The highest BCUT2D eigenvalue weighted by Gasteiger charge is 2.24. The molecular weight excluding hydrogens is 268 g/mol. The molecule has 1 amide bonds. The van der Waals surface area contributed by atoms with Gasteiger partial charge in [0.25, 0.3) is 5.91 Å². The molecule has 0 fully saturated rings. The van der Waals surface area contributed by atoms with Gasteiger partial charge in [-0.2, -0.15) is 0 Å². The van der Waals surface area contributed by atoms with E-state index in [1.165, 1.54) is 5.56 Å². The molecule has 0 bridgehead atoms. The summed E-state index contributed by atoms with van der Waals surface area (Å²) in [5, 5.41) is 2.03. The minimum Gasteiger partial charge on any atom is -0.350 e. The fraction of sp³-hybridized carbons (Fsp3) is 0.188. The maximum absolute atomic E-state index is 12.7. The second-order valence-corrected chi connectivity index (χ2v) is 6.02. The fourth-order valence-corrected chi connectivity index (χ4v) is 3.64. The van der Waals surface area contributed by atoms with Crippen molar-refractivity contribution in [2.45, 2.75) is 12.8 Å². The Morgan fingerprint density at radius 3 is 3.05 bits per heavy atom. The lowest BCUT2D eigenvalue weighted by atomic mass is 10.0. The van der Waals surface area contributed by atoms with Crippen molar-refractivity contribution < 1.29 is 4.79 Å². The number of amides is 1. The molecule has 0 spiro atoms. The summed E-state index contributed by atoms with van der Waals surface area (Å²) in [5.74, 6) is 0.0700. The Morgan fingerprint density at radius 2 is 2.15 bits per heavy atom. The summed E-state index contributed by atoms with van der Waals surface area (Å²) in [6, 6.07) is 12.2. The Labute approximate surface area is 120 Å². The lowest BCUT2D eigenvalue weighted by Gasteiger charge is -2.29. The van der Waals surface area contributed by atoms with Crippen molar-refractivity contribution in [3.05, 3.63) is 53.0 Å². The standard InChI is InChI=1S/C16H14N2OS/c19-16(13-10-15-12(17-13)7-9-20-15)18-8-3-5-11-4-1-2-6-14(11)18/h1-2,4,6-7,9-10,17H,3,5,8H2. The molecule has 1 aromatic carbocycles. The van der Waals surface area contributed by atoms with E-state index in [0.717, 1.165) is 35.3 Å². The number of fused-ring (bicyclic) bond motifs is 2. The number of anilines is 1. The van der Waals surface area contributed by atoms with Gasteiger partial charge in [0, 0.05) is 12.2 Å². The number of thiophene rings is 1. The summed E-state index contributed by atoms with van der Waals surface area (Å²) in [4.78, 5) is 17.8. The molecule has 0 atom stereocenters. The Kier molecular flexibility index (Phi) is 2.63. The highest BCUT2D eigenvalue weighted by atomic mass is 32.1. The number of carbonyl (C=O) groups excluding carboxylic acids is 1. The Bertz CT molecular complexity index is 758. The minimum absolute atomic E-state index is 0.0700. The van der Waals surface area contributed by atoms with Gasteiger partial charge in [0.1, 0.15) is 5.69 Å². The van der Waals surface area contributed by atoms with Crippen LogP contribution in [0.4, 0.5) is 5.69 Å². The molecule has 2 aromatic heterocycles. The largest absolute Gasteiger partial charge is 0.350 e. The Hall–Kier alpha value is -2.07. The maximum atomic E-state index is 12.7. The number of aromatic nitrogens is 1. The van der Waals surface area contributed by atoms with Gasteiger partial charge < -0.3 is 9.88 Å². The zero-order valence-electron chi connectivity index (χ0n) is 10.9. The Morgan fingerprint density at radius 1 is 1.25 bits per heavy atom. The lowest BCUT2D eigenvalue weighted by molar-refractivity contribution is 0.0981. The molecule has 20 heavy (non-hydrogen) atoms. The number of rotatable bonds is 1. The van der Waals surface area contributed by atoms with Crippen LogP contribution in [-0.2, 0) is 6.42 Å². The van der Waals surface area contributed by atoms with Crippen molar-refractivity contribution in [1.29, 1.82) is 0 Å². The van der Waals surface area contributed by atoms with Crippen LogP contribution in [0.5, 0.6) is 0 Å². The molecule has 4 rings (SSSR count). The normalized spacial score (nSPS) is 14.5. The quantitative estimate of drug-likeness (QED) is 0.723. The van der Waals surface area contributed by atoms with Crippen molar-refractivity contribution >= 4 is 33.1 Å². The zero-order valence-corrected chi connectivity index (χ0v) is 11.7. The minimum atomic E-state index is 0.0700. The molecule has 1 aliphatic rings. The summed E-state index contributed by atoms with van der Waals surface area (Å²) in [6.07, 6.45) is 2.08. The number of para-hydroxylation sites is 1. The van der Waals surface area contributed by atoms with E-state index in [1.54, 1.807) is 11.3 Å². The summed E-state index contributed by atoms with van der Waals surface area (Å²) in [5.41, 5.74) is 4.05. The van der Waals surface area contributed by atoms with Gasteiger partial charge in [-0.15, -0.1) is 11.3 Å². The van der Waals surface area contributed by atoms with E-state index in [9.17, 15) is 4.79 Å². The topological polar surface area (TPSA) is 36.1 Å². The second kappa shape index (κ2) is 4.49. The van der Waals surface area contributed by atoms with E-state index in [-0.39, 0.29) is 5.91 Å². The van der Waals surface area contributed by atoms with Gasteiger partial charge in [-0.3, -0.25) is 4.79 Å². The van der Waals surface area contributed by atoms with Crippen molar-refractivity contribution in [1.82, 2.24) is 4.98 Å². The number of hydrogen-bond acceptors (Lipinski definition) is 2. The van der Waals surface area contributed by atoms with E-state index in [4.69, 9.17) is 0 Å². The van der Waals surface area contributed by atoms with Crippen LogP contribution in [-0.4, -0.2) is 17.4 Å². The van der Waals surface area contributed by atoms with Crippen LogP contribution in [0, 0.1) is 0 Å². The SMILES string of the molecule is O=C(c1cc2sccc2[nH]1)N1CCCc2ccccc21. The highest BCUT2D eigenvalue weighted by Crippen LogP contribution is 2.29. The number of nitrogens with one attached hydrogen (secondary N) is 1. The molecule has 100 valence electrons. The third kappa shape index (κ3) is 1.76. The van der Waals surface area contributed by atoms with Crippen LogP contribution >= 0.6 is 11.3 Å². The molecule has 3 aromatic rings. The first-order valence-corrected chi connectivity index (χ1v) is 7.67. The van der Waals surface area contributed by atoms with Crippen LogP contribution < -0.4 is 4.90 Å². The van der Waals surface area contributed by atoms with Crippen LogP contribution in [0.25, 0.3) is 10.2 Å². The first kappa shape index (κ1) is 11.7. The van der Waals surface area contributed by atoms with Gasteiger partial charge in [0.2, 0.25) is 0 Å². The predicted octanol–water partition coefficient (Wildman–Crippen LogP) is 3.82. The van der Waals surface area contributed by atoms with Gasteiger partial charge >= 0.3 is 0 Å². The molecule has 0 aliphatic carbocycles. The first-order chi connectivity index (χ1) is 9.83. The average molecular weight is 282 g/mol. The molecule has 3 heterocycles. The van der Waals surface area contributed by atoms with E-state index in [1.807, 2.05) is 40.6 Å². The molecular formula is C16H14N2OS. The fourth-order valence-electron chi connectivity index (χ4n) is 2.85. The van der Waals surface area contributed by atoms with Gasteiger partial charge in [-0.05, 0) is 42.0 Å². The average Bonchev–Trinajstić information content (AvgIpc) is 3.07. The van der Waals surface area contributed by atoms with Crippen molar-refractivity contribution in [3.63, 3.8) is 0 Å². The summed E-state index contributed by atoms with van der Waals surface area (Å²) >= 11 is 1.66. The van der Waals surface area contributed by atoms with Crippen LogP contribution in [0.15, 0.2) is 41.8 Å². The molecule has 1 aliphatic heterocycles. The number of nitrogens with zero attached hydrogens (tertiary/aromatic N) is 1. The number of aryl methyl sites for hydroxylation is 1. The van der Waals surface area contributed by atoms with Crippen LogP contribution in [0.2, 0.25) is 0 Å². The van der Waals surface area contributed by atoms with Crippen molar-refractivity contribution in [2.75, 3.05) is 11.4 Å². The van der Waals surface area contributed by atoms with Crippen molar-refractivity contribution in [3.8, 4) is 0 Å². The van der Waals surface area contributed by atoms with E-state index < -0.39 is 0 Å². The van der Waals surface area contributed by atoms with Gasteiger partial charge in [-0.1, -0.05) is 18.2 Å². The number of carbonyl (C=O) groups is 1. The Balaban J connectivity index is 1.74. The van der Waals surface area contributed by atoms with Gasteiger partial charge in [0.05, 0.1) is 10.2 Å². The molecule has 1 N–H and O–H groups in total. The molecule has 3 nitrogen and oxygen atoms in total. The third-order valence-corrected chi connectivity index (χ3v) is 4.69. The number of aromatic amines is 1. The highest BCUT2D eigenvalue weighted by molar-refractivity contribution is 7.17. The van der Waals surface area contributed by atoms with Crippen molar-refractivity contribution in [2.24, 2.45) is 0 Å². The zero-order chi connectivity index (χ0) is 13.5. The lowest BCUT2D eigenvalue weighted by Crippen LogP contribution is -2.35. The number of benzene rings is 1. The van der Waals surface area contributed by atoms with Gasteiger partial charge in [-0.25, -0.2) is 0 Å². The molecule has 4 heteroatoms. The monoisotopic (exact) mass is 282 g/mol. The summed E-state index contributed by atoms with van der Waals surface area (Å²) < 4.78 is 1.14. The first-order valence-electron chi connectivity index (χ1n) is 6.79. The smallest absolute Gasteiger partial charge is 0.274 e. The third-order valence-electron chi connectivity index (χ3n) is 3.83. The number of H-pyrrole nitrogens is 1.